The zero-order chi connectivity index (χ0) is 14.3. The van der Waals surface area contributed by atoms with Gasteiger partial charge in [-0.05, 0) is 12.5 Å². The second-order valence-corrected chi connectivity index (χ2v) is 7.44. The molecule has 0 bridgehead atoms. The number of rotatable bonds is 4. The summed E-state index contributed by atoms with van der Waals surface area (Å²) in [6, 6.07) is 2.08. The van der Waals surface area contributed by atoms with E-state index in [1.807, 2.05) is 0 Å². The number of hydrogen-bond acceptors (Lipinski definition) is 4. The van der Waals surface area contributed by atoms with Crippen LogP contribution in [0.1, 0.15) is 16.7 Å². The van der Waals surface area contributed by atoms with Crippen LogP contribution < -0.4 is 9.47 Å². The molecule has 110 valence electrons. The van der Waals surface area contributed by atoms with Crippen molar-refractivity contribution in [2.24, 2.45) is 0 Å². The van der Waals surface area contributed by atoms with E-state index in [0.717, 1.165) is 29.9 Å². The van der Waals surface area contributed by atoms with Crippen LogP contribution >= 0.6 is 0 Å². The lowest BCUT2D eigenvalue weighted by Crippen LogP contribution is -2.27. The summed E-state index contributed by atoms with van der Waals surface area (Å²) in [7, 11) is -1.53. The highest BCUT2D eigenvalue weighted by molar-refractivity contribution is 7.88. The maximum atomic E-state index is 11.5. The molecule has 2 aliphatic rings. The number of sulfonamides is 1. The van der Waals surface area contributed by atoms with Gasteiger partial charge in [-0.1, -0.05) is 0 Å². The van der Waals surface area contributed by atoms with E-state index in [-0.39, 0.29) is 0 Å². The van der Waals surface area contributed by atoms with Gasteiger partial charge in [-0.25, -0.2) is 12.7 Å². The summed E-state index contributed by atoms with van der Waals surface area (Å²) < 4.78 is 35.8. The van der Waals surface area contributed by atoms with Crippen LogP contribution in [0.4, 0.5) is 0 Å². The Kier molecular flexibility index (Phi) is 3.38. The molecule has 0 aliphatic carbocycles. The molecule has 0 spiro atoms. The van der Waals surface area contributed by atoms with Crippen molar-refractivity contribution in [2.75, 3.05) is 33.1 Å². The summed E-state index contributed by atoms with van der Waals surface area (Å²) in [5.74, 6) is 1.91. The summed E-state index contributed by atoms with van der Waals surface area (Å²) in [6.45, 7) is 1.87. The Morgan fingerprint density at radius 2 is 2.00 bits per heavy atom. The van der Waals surface area contributed by atoms with Gasteiger partial charge in [0.05, 0.1) is 19.5 Å². The first-order valence-electron chi connectivity index (χ1n) is 6.81. The summed E-state index contributed by atoms with van der Waals surface area (Å²) in [4.78, 5) is 0. The van der Waals surface area contributed by atoms with E-state index in [0.29, 0.717) is 26.2 Å². The Labute approximate surface area is 119 Å². The minimum absolute atomic E-state index is 0.463. The molecule has 0 saturated carbocycles. The molecular formula is C14H19NO4S. The van der Waals surface area contributed by atoms with Gasteiger partial charge in [-0.2, -0.15) is 0 Å². The van der Waals surface area contributed by atoms with Crippen LogP contribution in [-0.4, -0.2) is 45.8 Å². The van der Waals surface area contributed by atoms with Crippen molar-refractivity contribution in [1.82, 2.24) is 4.31 Å². The highest BCUT2D eigenvalue weighted by Crippen LogP contribution is 2.40. The van der Waals surface area contributed by atoms with E-state index in [4.69, 9.17) is 9.47 Å². The number of hydrogen-bond donors (Lipinski definition) is 0. The van der Waals surface area contributed by atoms with Crippen molar-refractivity contribution in [1.29, 1.82) is 0 Å². The number of benzene rings is 1. The van der Waals surface area contributed by atoms with E-state index in [1.165, 1.54) is 21.7 Å². The molecule has 0 amide bonds. The van der Waals surface area contributed by atoms with E-state index in [9.17, 15) is 8.42 Å². The average molecular weight is 297 g/mol. The van der Waals surface area contributed by atoms with Gasteiger partial charge in [-0.15, -0.1) is 0 Å². The molecule has 0 saturated heterocycles. The molecule has 5 nitrogen and oxygen atoms in total. The molecule has 2 heterocycles. The molecule has 3 rings (SSSR count). The highest BCUT2D eigenvalue weighted by atomic mass is 32.2. The Morgan fingerprint density at radius 3 is 2.75 bits per heavy atom. The van der Waals surface area contributed by atoms with Gasteiger partial charge in [0, 0.05) is 43.1 Å². The van der Waals surface area contributed by atoms with Crippen LogP contribution in [0.25, 0.3) is 0 Å². The molecule has 20 heavy (non-hydrogen) atoms. The van der Waals surface area contributed by atoms with Crippen LogP contribution in [0.5, 0.6) is 11.5 Å². The standard InChI is InChI=1S/C14H19NO4S/c1-15(20(2,16)17)6-3-12-11-5-8-18-13(11)9-10-4-7-19-14(10)12/h9H,3-8H2,1-2H3. The van der Waals surface area contributed by atoms with Crippen molar-refractivity contribution >= 4 is 10.0 Å². The second kappa shape index (κ2) is 4.93. The topological polar surface area (TPSA) is 55.8 Å². The fraction of sp³-hybridized carbons (Fsp3) is 0.571. The van der Waals surface area contributed by atoms with Crippen LogP contribution in [0.2, 0.25) is 0 Å². The maximum absolute atomic E-state index is 11.5. The molecule has 0 radical (unpaired) electrons. The summed E-state index contributed by atoms with van der Waals surface area (Å²) in [5.41, 5.74) is 3.50. The van der Waals surface area contributed by atoms with Crippen molar-refractivity contribution in [2.45, 2.75) is 19.3 Å². The van der Waals surface area contributed by atoms with Gasteiger partial charge in [0.2, 0.25) is 10.0 Å². The number of fused-ring (bicyclic) bond motifs is 2. The van der Waals surface area contributed by atoms with Gasteiger partial charge < -0.3 is 9.47 Å². The normalized spacial score (nSPS) is 16.8. The van der Waals surface area contributed by atoms with Crippen LogP contribution in [0, 0.1) is 0 Å². The summed E-state index contributed by atoms with van der Waals surface area (Å²) >= 11 is 0. The third-order valence-electron chi connectivity index (χ3n) is 4.00. The fourth-order valence-electron chi connectivity index (χ4n) is 2.78. The molecule has 6 heteroatoms. The molecule has 1 aromatic rings. The highest BCUT2D eigenvalue weighted by Gasteiger charge is 2.26. The molecule has 0 N–H and O–H groups in total. The lowest BCUT2D eigenvalue weighted by molar-refractivity contribution is 0.351. The predicted octanol–water partition coefficient (Wildman–Crippen LogP) is 0.990. The zero-order valence-electron chi connectivity index (χ0n) is 11.8. The van der Waals surface area contributed by atoms with Gasteiger partial charge in [0.1, 0.15) is 11.5 Å². The molecule has 2 aliphatic heterocycles. The summed E-state index contributed by atoms with van der Waals surface area (Å²) in [5, 5.41) is 0. The zero-order valence-corrected chi connectivity index (χ0v) is 12.6. The monoisotopic (exact) mass is 297 g/mol. The van der Waals surface area contributed by atoms with Gasteiger partial charge in [0.15, 0.2) is 0 Å². The van der Waals surface area contributed by atoms with E-state index >= 15 is 0 Å². The maximum Gasteiger partial charge on any atom is 0.210 e. The lowest BCUT2D eigenvalue weighted by Gasteiger charge is -2.17. The van der Waals surface area contributed by atoms with E-state index in [1.54, 1.807) is 7.05 Å². The molecule has 0 atom stereocenters. The van der Waals surface area contributed by atoms with Crippen LogP contribution in [0.3, 0.4) is 0 Å². The van der Waals surface area contributed by atoms with Gasteiger partial charge in [-0.3, -0.25) is 0 Å². The SMILES string of the molecule is CN(CCc1c2c(cc3c1OCC3)OCC2)S(C)(=O)=O. The molecule has 0 aromatic heterocycles. The van der Waals surface area contributed by atoms with Crippen molar-refractivity contribution in [3.05, 3.63) is 22.8 Å². The smallest absolute Gasteiger partial charge is 0.210 e. The van der Waals surface area contributed by atoms with Crippen LogP contribution in [0.15, 0.2) is 6.07 Å². The largest absolute Gasteiger partial charge is 0.493 e. The Balaban J connectivity index is 1.90. The Morgan fingerprint density at radius 1 is 1.25 bits per heavy atom. The fourth-order valence-corrected chi connectivity index (χ4v) is 3.21. The molecule has 0 unspecified atom stereocenters. The third kappa shape index (κ3) is 2.38. The quantitative estimate of drug-likeness (QED) is 0.831. The van der Waals surface area contributed by atoms with Crippen LogP contribution in [-0.2, 0) is 29.3 Å². The average Bonchev–Trinajstić information content (AvgIpc) is 3.00. The van der Waals surface area contributed by atoms with Crippen molar-refractivity contribution in [3.8, 4) is 11.5 Å². The molecular weight excluding hydrogens is 278 g/mol. The van der Waals surface area contributed by atoms with E-state index in [2.05, 4.69) is 6.07 Å². The number of nitrogens with zero attached hydrogens (tertiary/aromatic N) is 1. The Hall–Kier alpha value is -1.27. The first-order valence-corrected chi connectivity index (χ1v) is 8.66. The minimum atomic E-state index is -3.14. The minimum Gasteiger partial charge on any atom is -0.493 e. The molecule has 0 fully saturated rings. The number of ether oxygens (including phenoxy) is 2. The van der Waals surface area contributed by atoms with Gasteiger partial charge >= 0.3 is 0 Å². The first-order chi connectivity index (χ1) is 9.47. The lowest BCUT2D eigenvalue weighted by atomic mass is 9.97. The second-order valence-electron chi connectivity index (χ2n) is 5.35. The van der Waals surface area contributed by atoms with E-state index < -0.39 is 10.0 Å². The van der Waals surface area contributed by atoms with Crippen molar-refractivity contribution in [3.63, 3.8) is 0 Å². The van der Waals surface area contributed by atoms with Gasteiger partial charge in [0.25, 0.3) is 0 Å². The first kappa shape index (κ1) is 13.7. The Bertz CT molecular complexity index is 607. The third-order valence-corrected chi connectivity index (χ3v) is 5.32. The predicted molar refractivity (Wildman–Crippen MR) is 76.0 cm³/mol. The number of likely N-dealkylation sites (N-methyl/N-ethyl adjacent to an activating group) is 1. The molecule has 1 aromatic carbocycles. The summed E-state index contributed by atoms with van der Waals surface area (Å²) in [6.07, 6.45) is 3.68. The van der Waals surface area contributed by atoms with Crippen molar-refractivity contribution < 1.29 is 17.9 Å².